The Bertz CT molecular complexity index is 913. The van der Waals surface area contributed by atoms with Crippen molar-refractivity contribution in [2.45, 2.75) is 6.10 Å². The molecular weight excluding hydrogens is 337 g/mol. The highest BCUT2D eigenvalue weighted by Gasteiger charge is 2.29. The van der Waals surface area contributed by atoms with E-state index in [0.29, 0.717) is 30.4 Å². The van der Waals surface area contributed by atoms with Gasteiger partial charge in [-0.05, 0) is 30.3 Å². The number of hydrogen-bond donors (Lipinski definition) is 0. The van der Waals surface area contributed by atoms with Crippen molar-refractivity contribution >= 4 is 5.91 Å². The van der Waals surface area contributed by atoms with Crippen LogP contribution in [0, 0.1) is 5.82 Å². The van der Waals surface area contributed by atoms with E-state index in [1.807, 2.05) is 30.3 Å². The molecule has 2 aromatic carbocycles. The molecule has 0 aliphatic carbocycles. The summed E-state index contributed by atoms with van der Waals surface area (Å²) in [5.74, 6) is 0.106. The van der Waals surface area contributed by atoms with E-state index in [4.69, 9.17) is 9.26 Å². The van der Waals surface area contributed by atoms with Gasteiger partial charge in [0.2, 0.25) is 5.82 Å². The molecule has 1 aliphatic heterocycles. The van der Waals surface area contributed by atoms with Crippen molar-refractivity contribution < 1.29 is 18.4 Å². The maximum Gasteiger partial charge on any atom is 0.258 e. The van der Waals surface area contributed by atoms with Gasteiger partial charge in [-0.2, -0.15) is 4.98 Å². The topological polar surface area (TPSA) is 68.5 Å². The summed E-state index contributed by atoms with van der Waals surface area (Å²) in [5.41, 5.74) is 1.12. The largest absolute Gasteiger partial charge is 0.366 e. The minimum absolute atomic E-state index is 0.246. The molecule has 1 aromatic heterocycles. The molecule has 7 heteroatoms. The van der Waals surface area contributed by atoms with Crippen molar-refractivity contribution in [3.8, 4) is 11.5 Å². The van der Waals surface area contributed by atoms with Gasteiger partial charge in [0.05, 0.1) is 13.2 Å². The summed E-state index contributed by atoms with van der Waals surface area (Å²) in [6.45, 7) is 1.05. The Hall–Kier alpha value is -3.06. The van der Waals surface area contributed by atoms with Crippen molar-refractivity contribution in [3.05, 3.63) is 71.8 Å². The van der Waals surface area contributed by atoms with Gasteiger partial charge in [-0.15, -0.1) is 0 Å². The number of hydrogen-bond acceptors (Lipinski definition) is 5. The third kappa shape index (κ3) is 3.34. The first-order chi connectivity index (χ1) is 12.7. The fourth-order valence-electron chi connectivity index (χ4n) is 2.86. The molecule has 1 atom stereocenters. The zero-order valence-corrected chi connectivity index (χ0v) is 13.8. The lowest BCUT2D eigenvalue weighted by molar-refractivity contribution is -0.0276. The van der Waals surface area contributed by atoms with Crippen molar-refractivity contribution in [1.82, 2.24) is 15.0 Å². The molecule has 26 heavy (non-hydrogen) atoms. The van der Waals surface area contributed by atoms with Crippen LogP contribution in [0.3, 0.4) is 0 Å². The Morgan fingerprint density at radius 3 is 2.81 bits per heavy atom. The Kier molecular flexibility index (Phi) is 4.45. The van der Waals surface area contributed by atoms with Gasteiger partial charge in [-0.3, -0.25) is 4.79 Å². The monoisotopic (exact) mass is 353 g/mol. The zero-order valence-electron chi connectivity index (χ0n) is 13.8. The van der Waals surface area contributed by atoms with Crippen LogP contribution >= 0.6 is 0 Å². The average molecular weight is 353 g/mol. The summed E-state index contributed by atoms with van der Waals surface area (Å²) < 4.78 is 24.4. The molecule has 0 radical (unpaired) electrons. The van der Waals surface area contributed by atoms with Gasteiger partial charge in [-0.25, -0.2) is 4.39 Å². The number of amides is 1. The number of nitrogens with zero attached hydrogens (tertiary/aromatic N) is 3. The smallest absolute Gasteiger partial charge is 0.258 e. The standard InChI is InChI=1S/C19H16FN3O3/c20-15-8-4-7-14(11-15)19(24)23-9-10-25-16(12-23)17-21-18(26-22-17)13-5-2-1-3-6-13/h1-8,11,16H,9-10,12H2/t16-/m1/s1. The second-order valence-electron chi connectivity index (χ2n) is 5.94. The molecule has 1 aliphatic rings. The Morgan fingerprint density at radius 1 is 1.15 bits per heavy atom. The second-order valence-corrected chi connectivity index (χ2v) is 5.94. The summed E-state index contributed by atoms with van der Waals surface area (Å²) in [5, 5.41) is 3.99. The number of benzene rings is 2. The molecule has 0 saturated carbocycles. The fraction of sp³-hybridized carbons (Fsp3) is 0.211. The van der Waals surface area contributed by atoms with Crippen LogP contribution in [0.15, 0.2) is 59.1 Å². The number of carbonyl (C=O) groups is 1. The molecule has 1 amide bonds. The molecule has 6 nitrogen and oxygen atoms in total. The minimum Gasteiger partial charge on any atom is -0.366 e. The number of rotatable bonds is 3. The van der Waals surface area contributed by atoms with Gasteiger partial charge in [0, 0.05) is 17.7 Å². The number of aromatic nitrogens is 2. The van der Waals surface area contributed by atoms with Crippen LogP contribution in [0.1, 0.15) is 22.3 Å². The first-order valence-electron chi connectivity index (χ1n) is 8.26. The van der Waals surface area contributed by atoms with Crippen molar-refractivity contribution in [2.24, 2.45) is 0 Å². The summed E-state index contributed by atoms with van der Waals surface area (Å²) in [6, 6.07) is 15.1. The molecule has 132 valence electrons. The average Bonchev–Trinajstić information content (AvgIpc) is 3.18. The molecule has 1 saturated heterocycles. The molecule has 1 fully saturated rings. The maximum atomic E-state index is 13.4. The normalized spacial score (nSPS) is 17.3. The molecule has 0 N–H and O–H groups in total. The first-order valence-corrected chi connectivity index (χ1v) is 8.26. The van der Waals surface area contributed by atoms with Crippen LogP contribution in [-0.2, 0) is 4.74 Å². The molecule has 2 heterocycles. The van der Waals surface area contributed by atoms with Gasteiger partial charge in [0.1, 0.15) is 11.9 Å². The summed E-state index contributed by atoms with van der Waals surface area (Å²) in [7, 11) is 0. The second kappa shape index (κ2) is 7.05. The molecular formula is C19H16FN3O3. The molecule has 4 rings (SSSR count). The van der Waals surface area contributed by atoms with Crippen molar-refractivity contribution in [1.29, 1.82) is 0 Å². The van der Waals surface area contributed by atoms with E-state index in [-0.39, 0.29) is 12.5 Å². The maximum absolute atomic E-state index is 13.4. The number of morpholine rings is 1. The van der Waals surface area contributed by atoms with Gasteiger partial charge < -0.3 is 14.2 Å². The van der Waals surface area contributed by atoms with E-state index in [1.165, 1.54) is 18.2 Å². The molecule has 0 bridgehead atoms. The van der Waals surface area contributed by atoms with Gasteiger partial charge in [0.15, 0.2) is 0 Å². The highest BCUT2D eigenvalue weighted by molar-refractivity contribution is 5.94. The number of carbonyl (C=O) groups excluding carboxylic acids is 1. The predicted octanol–water partition coefficient (Wildman–Crippen LogP) is 3.09. The summed E-state index contributed by atoms with van der Waals surface area (Å²) in [4.78, 5) is 18.6. The lowest BCUT2D eigenvalue weighted by atomic mass is 10.1. The first kappa shape index (κ1) is 16.4. The lowest BCUT2D eigenvalue weighted by Gasteiger charge is -2.31. The Balaban J connectivity index is 1.50. The van der Waals surface area contributed by atoms with Gasteiger partial charge in [0.25, 0.3) is 11.8 Å². The van der Waals surface area contributed by atoms with E-state index in [2.05, 4.69) is 10.1 Å². The van der Waals surface area contributed by atoms with Crippen LogP contribution < -0.4 is 0 Å². The lowest BCUT2D eigenvalue weighted by Crippen LogP contribution is -2.42. The third-order valence-electron chi connectivity index (χ3n) is 4.18. The van der Waals surface area contributed by atoms with E-state index in [1.54, 1.807) is 11.0 Å². The van der Waals surface area contributed by atoms with Gasteiger partial charge in [-0.1, -0.05) is 29.4 Å². The Morgan fingerprint density at radius 2 is 2.00 bits per heavy atom. The zero-order chi connectivity index (χ0) is 17.9. The van der Waals surface area contributed by atoms with Crippen LogP contribution in [0.4, 0.5) is 4.39 Å². The summed E-state index contributed by atoms with van der Waals surface area (Å²) in [6.07, 6.45) is -0.484. The minimum atomic E-state index is -0.484. The van der Waals surface area contributed by atoms with Crippen LogP contribution in [-0.4, -0.2) is 40.6 Å². The third-order valence-corrected chi connectivity index (χ3v) is 4.18. The van der Waals surface area contributed by atoms with Crippen LogP contribution in [0.25, 0.3) is 11.5 Å². The Labute approximate surface area is 149 Å². The fourth-order valence-corrected chi connectivity index (χ4v) is 2.86. The highest BCUT2D eigenvalue weighted by atomic mass is 19.1. The molecule has 0 unspecified atom stereocenters. The van der Waals surface area contributed by atoms with Crippen LogP contribution in [0.5, 0.6) is 0 Å². The molecule has 0 spiro atoms. The number of ether oxygens (including phenoxy) is 1. The van der Waals surface area contributed by atoms with E-state index < -0.39 is 11.9 Å². The predicted molar refractivity (Wildman–Crippen MR) is 90.7 cm³/mol. The SMILES string of the molecule is O=C(c1cccc(F)c1)N1CCO[C@@H](c2noc(-c3ccccc3)n2)C1. The van der Waals surface area contributed by atoms with Gasteiger partial charge >= 0.3 is 0 Å². The van der Waals surface area contributed by atoms with E-state index in [9.17, 15) is 9.18 Å². The molecule has 3 aromatic rings. The highest BCUT2D eigenvalue weighted by Crippen LogP contribution is 2.24. The van der Waals surface area contributed by atoms with E-state index in [0.717, 1.165) is 5.56 Å². The number of halogens is 1. The van der Waals surface area contributed by atoms with Crippen molar-refractivity contribution in [3.63, 3.8) is 0 Å². The summed E-state index contributed by atoms with van der Waals surface area (Å²) >= 11 is 0. The van der Waals surface area contributed by atoms with Crippen molar-refractivity contribution in [2.75, 3.05) is 19.7 Å². The van der Waals surface area contributed by atoms with E-state index >= 15 is 0 Å². The quantitative estimate of drug-likeness (QED) is 0.724. The van der Waals surface area contributed by atoms with Crippen LogP contribution in [0.2, 0.25) is 0 Å².